The van der Waals surface area contributed by atoms with Crippen molar-refractivity contribution in [3.05, 3.63) is 47.0 Å². The predicted octanol–water partition coefficient (Wildman–Crippen LogP) is 3.95. The Morgan fingerprint density at radius 1 is 1.09 bits per heavy atom. The van der Waals surface area contributed by atoms with E-state index in [9.17, 15) is 13.2 Å². The number of amides is 1. The number of benzene rings is 1. The lowest BCUT2D eigenvalue weighted by Gasteiger charge is -2.27. The quantitative estimate of drug-likeness (QED) is 0.570. The average Bonchev–Trinajstić information content (AvgIpc) is 3.39. The molecule has 1 saturated heterocycles. The van der Waals surface area contributed by atoms with Crippen molar-refractivity contribution >= 4 is 38.4 Å². The molecule has 3 heterocycles. The van der Waals surface area contributed by atoms with E-state index in [1.54, 1.807) is 12.1 Å². The molecule has 8 nitrogen and oxygen atoms in total. The number of aromatic nitrogens is 1. The number of fused-ring (bicyclic) bond motifs is 1. The fraction of sp³-hybridized carbons (Fsp3) is 0.455. The first kappa shape index (κ1) is 21.5. The number of carbonyl (C=O) groups excluding carboxylic acids is 1. The van der Waals surface area contributed by atoms with Gasteiger partial charge in [-0.3, -0.25) is 4.79 Å². The number of hydrogen-bond donors (Lipinski definition) is 1. The number of carbonyl (C=O) groups is 1. The number of furan rings is 1. The minimum absolute atomic E-state index is 0.00591. The van der Waals surface area contributed by atoms with Crippen molar-refractivity contribution in [3.63, 3.8) is 0 Å². The lowest BCUT2D eigenvalue weighted by molar-refractivity contribution is -0.0205. The minimum atomic E-state index is -3.57. The molecule has 10 heteroatoms. The molecule has 1 N–H and O–H groups in total. The molecule has 1 aliphatic carbocycles. The molecule has 1 amide bonds. The number of oxazole rings is 1. The van der Waals surface area contributed by atoms with Gasteiger partial charge >= 0.3 is 0 Å². The van der Waals surface area contributed by atoms with E-state index in [1.165, 1.54) is 12.1 Å². The van der Waals surface area contributed by atoms with E-state index in [0.29, 0.717) is 29.7 Å². The summed E-state index contributed by atoms with van der Waals surface area (Å²) in [5.41, 5.74) is 1.46. The van der Waals surface area contributed by atoms with Crippen LogP contribution >= 0.6 is 11.6 Å². The summed E-state index contributed by atoms with van der Waals surface area (Å²) in [7, 11) is -3.57. The van der Waals surface area contributed by atoms with Crippen molar-refractivity contribution < 1.29 is 26.8 Å². The Hall–Kier alpha value is -2.36. The van der Waals surface area contributed by atoms with Gasteiger partial charge in [0.05, 0.1) is 19.0 Å². The van der Waals surface area contributed by atoms with Crippen LogP contribution in [0.1, 0.15) is 48.0 Å². The predicted molar refractivity (Wildman–Crippen MR) is 117 cm³/mol. The molecule has 2 aliphatic rings. The molecule has 0 bridgehead atoms. The highest BCUT2D eigenvalue weighted by molar-refractivity contribution is 7.91. The normalized spacial score (nSPS) is 22.0. The van der Waals surface area contributed by atoms with Crippen molar-refractivity contribution in [2.75, 3.05) is 19.0 Å². The summed E-state index contributed by atoms with van der Waals surface area (Å²) in [5, 5.41) is 3.40. The van der Waals surface area contributed by atoms with Gasteiger partial charge in [0.2, 0.25) is 14.9 Å². The number of nitrogens with zero attached hydrogens (tertiary/aromatic N) is 1. The van der Waals surface area contributed by atoms with Crippen LogP contribution in [0.25, 0.3) is 11.1 Å². The largest absolute Gasteiger partial charge is 0.440 e. The maximum atomic E-state index is 12.6. The highest BCUT2D eigenvalue weighted by Crippen LogP contribution is 2.34. The average molecular weight is 479 g/mol. The molecule has 0 radical (unpaired) electrons. The monoisotopic (exact) mass is 478 g/mol. The van der Waals surface area contributed by atoms with Crippen LogP contribution in [0.2, 0.25) is 5.02 Å². The Morgan fingerprint density at radius 3 is 2.59 bits per heavy atom. The van der Waals surface area contributed by atoms with Crippen LogP contribution in [0.5, 0.6) is 0 Å². The summed E-state index contributed by atoms with van der Waals surface area (Å²) >= 11 is 6.02. The van der Waals surface area contributed by atoms with Crippen LogP contribution in [0.15, 0.2) is 44.3 Å². The summed E-state index contributed by atoms with van der Waals surface area (Å²) in [6, 6.07) is 8.12. The fourth-order valence-electron chi connectivity index (χ4n) is 4.22. The van der Waals surface area contributed by atoms with E-state index in [-0.39, 0.29) is 34.5 Å². The van der Waals surface area contributed by atoms with Crippen LogP contribution in [0.4, 0.5) is 0 Å². The first-order valence-corrected chi connectivity index (χ1v) is 12.7. The molecule has 2 aromatic heterocycles. The molecular weight excluding hydrogens is 456 g/mol. The third-order valence-electron chi connectivity index (χ3n) is 6.05. The van der Waals surface area contributed by atoms with Gasteiger partial charge in [0.15, 0.2) is 17.2 Å². The highest BCUT2D eigenvalue weighted by Gasteiger charge is 2.31. The summed E-state index contributed by atoms with van der Waals surface area (Å²) in [6.07, 6.45) is 3.19. The number of ether oxygens (including phenoxy) is 1. The molecule has 170 valence electrons. The van der Waals surface area contributed by atoms with Crippen molar-refractivity contribution in [2.45, 2.75) is 42.7 Å². The molecule has 5 rings (SSSR count). The van der Waals surface area contributed by atoms with Gasteiger partial charge in [-0.2, -0.15) is 0 Å². The lowest BCUT2D eigenvalue weighted by Crippen LogP contribution is -2.37. The van der Waals surface area contributed by atoms with Gasteiger partial charge in [-0.05, 0) is 56.0 Å². The van der Waals surface area contributed by atoms with E-state index in [4.69, 9.17) is 25.2 Å². The van der Waals surface area contributed by atoms with Crippen LogP contribution in [-0.4, -0.2) is 44.3 Å². The summed E-state index contributed by atoms with van der Waals surface area (Å²) in [4.78, 5) is 17.1. The second-order valence-electron chi connectivity index (χ2n) is 8.49. The summed E-state index contributed by atoms with van der Waals surface area (Å²) < 4.78 is 41.1. The van der Waals surface area contributed by atoms with E-state index in [2.05, 4.69) is 10.3 Å². The third-order valence-corrected chi connectivity index (χ3v) is 8.03. The van der Waals surface area contributed by atoms with E-state index >= 15 is 0 Å². The Labute approximate surface area is 190 Å². The second-order valence-corrected chi connectivity index (χ2v) is 10.9. The highest BCUT2D eigenvalue weighted by atomic mass is 35.5. The first-order chi connectivity index (χ1) is 15.4. The molecule has 1 aliphatic heterocycles. The molecule has 0 atom stereocenters. The van der Waals surface area contributed by atoms with Crippen molar-refractivity contribution in [1.82, 2.24) is 10.3 Å². The van der Waals surface area contributed by atoms with E-state index < -0.39 is 15.7 Å². The Morgan fingerprint density at radius 2 is 1.88 bits per heavy atom. The number of rotatable bonds is 6. The van der Waals surface area contributed by atoms with Crippen LogP contribution in [0, 0.1) is 5.92 Å². The minimum Gasteiger partial charge on any atom is -0.440 e. The molecule has 32 heavy (non-hydrogen) atoms. The molecule has 3 aromatic rings. The number of nitrogens with one attached hydrogen (secondary N) is 1. The Bertz CT molecular complexity index is 1240. The molecule has 0 unspecified atom stereocenters. The van der Waals surface area contributed by atoms with Crippen LogP contribution < -0.4 is 5.32 Å². The summed E-state index contributed by atoms with van der Waals surface area (Å²) in [5.74, 6) is 0.434. The Kier molecular flexibility index (Phi) is 5.73. The summed E-state index contributed by atoms with van der Waals surface area (Å²) in [6.45, 7) is 0.876. The smallest absolute Gasteiger partial charge is 0.287 e. The fourth-order valence-corrected chi connectivity index (χ4v) is 5.85. The van der Waals surface area contributed by atoms with Gasteiger partial charge in [-0.1, -0.05) is 11.6 Å². The first-order valence-electron chi connectivity index (χ1n) is 10.6. The van der Waals surface area contributed by atoms with Gasteiger partial charge in [-0.15, -0.1) is 0 Å². The number of halogens is 1. The molecule has 0 spiro atoms. The molecule has 1 aromatic carbocycles. The Balaban J connectivity index is 1.17. The molecule has 2 fully saturated rings. The number of sulfone groups is 1. The molecular formula is C22H23ClN2O6S. The van der Waals surface area contributed by atoms with E-state index in [0.717, 1.165) is 31.2 Å². The van der Waals surface area contributed by atoms with Gasteiger partial charge < -0.3 is 18.9 Å². The SMILES string of the molecule is O=C(NC1CCC(c2nc3cc(Cl)ccc3o2)CC1)c1ccc(S(=O)(=O)CC2COC2)o1. The van der Waals surface area contributed by atoms with E-state index in [1.807, 2.05) is 6.07 Å². The standard InChI is InChI=1S/C22H23ClN2O6S/c23-15-3-6-18-17(9-15)25-22(31-18)14-1-4-16(5-2-14)24-21(26)19-7-8-20(30-19)32(27,28)12-13-10-29-11-13/h3,6-9,13-14,16H,1-2,4-5,10-12H2,(H,24,26). The zero-order valence-electron chi connectivity index (χ0n) is 17.3. The maximum absolute atomic E-state index is 12.6. The topological polar surface area (TPSA) is 112 Å². The third kappa shape index (κ3) is 4.42. The maximum Gasteiger partial charge on any atom is 0.287 e. The molecule has 1 saturated carbocycles. The van der Waals surface area contributed by atoms with Gasteiger partial charge in [-0.25, -0.2) is 13.4 Å². The number of hydrogen-bond acceptors (Lipinski definition) is 7. The van der Waals surface area contributed by atoms with Gasteiger partial charge in [0.1, 0.15) is 5.52 Å². The van der Waals surface area contributed by atoms with Crippen molar-refractivity contribution in [1.29, 1.82) is 0 Å². The van der Waals surface area contributed by atoms with Crippen molar-refractivity contribution in [3.8, 4) is 0 Å². The van der Waals surface area contributed by atoms with Gasteiger partial charge in [0, 0.05) is 22.9 Å². The zero-order valence-corrected chi connectivity index (χ0v) is 18.8. The van der Waals surface area contributed by atoms with Gasteiger partial charge in [0.25, 0.3) is 5.91 Å². The second kappa shape index (κ2) is 8.53. The van der Waals surface area contributed by atoms with Crippen LogP contribution in [-0.2, 0) is 14.6 Å². The lowest BCUT2D eigenvalue weighted by atomic mass is 9.86. The zero-order chi connectivity index (χ0) is 22.3. The van der Waals surface area contributed by atoms with Crippen LogP contribution in [0.3, 0.4) is 0 Å². The van der Waals surface area contributed by atoms with Crippen molar-refractivity contribution in [2.24, 2.45) is 5.92 Å².